The Balaban J connectivity index is 0.000000300. The van der Waals surface area contributed by atoms with Gasteiger partial charge in [-0.1, -0.05) is 30.3 Å². The Hall–Kier alpha value is -0.991. The average Bonchev–Trinajstić information content (AvgIpc) is 3.05. The van der Waals surface area contributed by atoms with Crippen molar-refractivity contribution < 1.29 is 26.6 Å². The fraction of sp³-hybridized carbons (Fsp3) is 0.150. The van der Waals surface area contributed by atoms with E-state index in [1.165, 1.54) is 5.92 Å². The van der Waals surface area contributed by atoms with Crippen LogP contribution in [0.5, 0.6) is 0 Å². The zero-order valence-corrected chi connectivity index (χ0v) is 14.3. The zero-order valence-electron chi connectivity index (χ0n) is 13.2. The summed E-state index contributed by atoms with van der Waals surface area (Å²) >= 11 is 0. The normalized spacial score (nSPS) is 22.3. The molecule has 24 heavy (non-hydrogen) atoms. The van der Waals surface area contributed by atoms with Crippen LogP contribution in [-0.2, 0) is 28.4 Å². The van der Waals surface area contributed by atoms with Crippen LogP contribution in [0.1, 0.15) is 5.56 Å². The van der Waals surface area contributed by atoms with Gasteiger partial charge in [0.25, 0.3) is 0 Å². The molecule has 3 aliphatic rings. The first-order valence-corrected chi connectivity index (χ1v) is 7.70. The first-order chi connectivity index (χ1) is 11.3. The van der Waals surface area contributed by atoms with Crippen molar-refractivity contribution >= 4 is 6.09 Å². The second-order valence-corrected chi connectivity index (χ2v) is 5.39. The molecule has 0 aromatic heterocycles. The topological polar surface area (TPSA) is 29.3 Å². The standard InChI is InChI=1S/C15H14NO2.C5H5.Fe/c17-15(18-11-12-6-2-1-3-7-12)16-10-14(16)13-8-4-5-9-13;1-2-4-5-3-1;/h1-9,14H,10-11H2;1-5H;/q;;+2/t14-,16?;;/m0../s1. The van der Waals surface area contributed by atoms with E-state index >= 15 is 0 Å². The van der Waals surface area contributed by atoms with Gasteiger partial charge in [-0.15, -0.1) is 0 Å². The van der Waals surface area contributed by atoms with Gasteiger partial charge >= 0.3 is 23.2 Å². The van der Waals surface area contributed by atoms with E-state index in [1.807, 2.05) is 88.1 Å². The minimum Gasteiger partial charge on any atom is -0.445 e. The summed E-state index contributed by atoms with van der Waals surface area (Å²) in [6.07, 6.45) is 17.8. The molecule has 1 aromatic rings. The van der Waals surface area contributed by atoms with Gasteiger partial charge in [0, 0.05) is 12.5 Å². The molecule has 0 unspecified atom stereocenters. The van der Waals surface area contributed by atoms with Gasteiger partial charge in [0.05, 0.1) is 6.04 Å². The largest absolute Gasteiger partial charge is 2.00 e. The predicted molar refractivity (Wildman–Crippen MR) is 89.1 cm³/mol. The minimum absolute atomic E-state index is 0. The van der Waals surface area contributed by atoms with E-state index in [9.17, 15) is 4.79 Å². The van der Waals surface area contributed by atoms with Gasteiger partial charge in [0.15, 0.2) is 0 Å². The maximum atomic E-state index is 11.8. The summed E-state index contributed by atoms with van der Waals surface area (Å²) in [5.41, 5.74) is 1.01. The van der Waals surface area contributed by atoms with Crippen LogP contribution in [0.4, 0.5) is 4.79 Å². The summed E-state index contributed by atoms with van der Waals surface area (Å²) in [6.45, 7) is 1.10. The molecule has 0 spiro atoms. The van der Waals surface area contributed by atoms with Crippen LogP contribution in [0.2, 0.25) is 0 Å². The number of ether oxygens (including phenoxy) is 1. The molecule has 3 nitrogen and oxygen atoms in total. The molecular formula is C20H19FeNO2+2. The summed E-state index contributed by atoms with van der Waals surface area (Å²) in [7, 11) is 0. The van der Waals surface area contributed by atoms with Gasteiger partial charge < -0.3 is 9.64 Å². The number of benzene rings is 1. The number of carbonyl (C=O) groups is 1. The maximum Gasteiger partial charge on any atom is 2.00 e. The van der Waals surface area contributed by atoms with E-state index in [-0.39, 0.29) is 29.2 Å². The monoisotopic (exact) mass is 361 g/mol. The molecule has 0 N–H and O–H groups in total. The first-order valence-electron chi connectivity index (χ1n) is 7.70. The Kier molecular flexibility index (Phi) is 8.14. The Bertz CT molecular complexity index is 476. The molecular weight excluding hydrogens is 342 g/mol. The fourth-order valence-corrected chi connectivity index (χ4v) is 2.36. The van der Waals surface area contributed by atoms with Crippen molar-refractivity contribution in [3.8, 4) is 0 Å². The molecule has 1 saturated heterocycles. The van der Waals surface area contributed by atoms with Crippen molar-refractivity contribution in [1.82, 2.24) is 4.90 Å². The first kappa shape index (κ1) is 19.3. The van der Waals surface area contributed by atoms with Crippen molar-refractivity contribution in [2.24, 2.45) is 0 Å². The molecule has 1 amide bonds. The molecule has 1 heterocycles. The Morgan fingerprint density at radius 3 is 2.12 bits per heavy atom. The summed E-state index contributed by atoms with van der Waals surface area (Å²) in [5, 5.41) is 0. The predicted octanol–water partition coefficient (Wildman–Crippen LogP) is 3.43. The molecule has 1 aromatic carbocycles. The van der Waals surface area contributed by atoms with E-state index in [0.717, 1.165) is 12.1 Å². The van der Waals surface area contributed by atoms with E-state index in [2.05, 4.69) is 0 Å². The number of hydrogen-bond acceptors (Lipinski definition) is 2. The smallest absolute Gasteiger partial charge is 0.445 e. The Morgan fingerprint density at radius 1 is 0.958 bits per heavy atom. The Morgan fingerprint density at radius 2 is 1.54 bits per heavy atom. The van der Waals surface area contributed by atoms with Crippen LogP contribution in [0.25, 0.3) is 0 Å². The van der Waals surface area contributed by atoms with Crippen LogP contribution in [-0.4, -0.2) is 23.6 Å². The molecule has 4 heteroatoms. The van der Waals surface area contributed by atoms with Gasteiger partial charge in [0.1, 0.15) is 6.61 Å². The molecule has 4 rings (SSSR count). The van der Waals surface area contributed by atoms with Gasteiger partial charge in [-0.25, -0.2) is 4.79 Å². The third-order valence-electron chi connectivity index (χ3n) is 3.68. The molecule has 3 fully saturated rings. The Labute approximate surface area is 156 Å². The number of carbonyl (C=O) groups excluding carboxylic acids is 1. The molecule has 2 saturated carbocycles. The van der Waals surface area contributed by atoms with Crippen molar-refractivity contribution in [3.63, 3.8) is 0 Å². The molecule has 10 radical (unpaired) electrons. The summed E-state index contributed by atoms with van der Waals surface area (Å²) < 4.78 is 5.27. The quantitative estimate of drug-likeness (QED) is 0.610. The van der Waals surface area contributed by atoms with Crippen LogP contribution in [0, 0.1) is 63.7 Å². The number of nitrogens with zero attached hydrogens (tertiary/aromatic N) is 1. The van der Waals surface area contributed by atoms with E-state index < -0.39 is 0 Å². The maximum absolute atomic E-state index is 11.8. The zero-order chi connectivity index (χ0) is 15.9. The van der Waals surface area contributed by atoms with Crippen molar-refractivity contribution in [1.29, 1.82) is 0 Å². The van der Waals surface area contributed by atoms with Gasteiger partial charge in [-0.2, -0.15) is 0 Å². The van der Waals surface area contributed by atoms with Gasteiger partial charge in [0.2, 0.25) is 0 Å². The summed E-state index contributed by atoms with van der Waals surface area (Å²) in [6, 6.07) is 9.93. The summed E-state index contributed by atoms with van der Waals surface area (Å²) in [5.74, 6) is 1.19. The third kappa shape index (κ3) is 5.82. The molecule has 2 aliphatic carbocycles. The summed E-state index contributed by atoms with van der Waals surface area (Å²) in [4.78, 5) is 13.5. The third-order valence-corrected chi connectivity index (χ3v) is 3.68. The molecule has 122 valence electrons. The molecule has 1 atom stereocenters. The van der Waals surface area contributed by atoms with Crippen LogP contribution >= 0.6 is 0 Å². The van der Waals surface area contributed by atoms with Gasteiger partial charge in [-0.05, 0) is 63.4 Å². The second-order valence-electron chi connectivity index (χ2n) is 5.39. The SMILES string of the molecule is O=C(OCc1ccccc1)N1C[C@H]1[C]1[CH][CH][CH][CH]1.[CH]1[CH][CH][CH][CH]1.[Fe+2]. The number of rotatable bonds is 3. The average molecular weight is 361 g/mol. The van der Waals surface area contributed by atoms with E-state index in [0.29, 0.717) is 6.61 Å². The van der Waals surface area contributed by atoms with Crippen molar-refractivity contribution in [2.45, 2.75) is 12.6 Å². The fourth-order valence-electron chi connectivity index (χ4n) is 2.36. The van der Waals surface area contributed by atoms with Crippen LogP contribution in [0.3, 0.4) is 0 Å². The molecule has 0 bridgehead atoms. The van der Waals surface area contributed by atoms with Crippen LogP contribution < -0.4 is 0 Å². The number of hydrogen-bond donors (Lipinski definition) is 0. The van der Waals surface area contributed by atoms with E-state index in [4.69, 9.17) is 4.74 Å². The van der Waals surface area contributed by atoms with Crippen molar-refractivity contribution in [2.75, 3.05) is 6.54 Å². The minimum atomic E-state index is -0.231. The second kappa shape index (κ2) is 10.1. The van der Waals surface area contributed by atoms with Crippen LogP contribution in [0.15, 0.2) is 30.3 Å². The number of amides is 1. The van der Waals surface area contributed by atoms with Gasteiger partial charge in [-0.3, -0.25) is 0 Å². The van der Waals surface area contributed by atoms with E-state index in [1.54, 1.807) is 4.90 Å². The van der Waals surface area contributed by atoms with Crippen molar-refractivity contribution in [3.05, 3.63) is 99.6 Å². The molecule has 1 aliphatic heterocycles.